The molecule has 1 aromatic rings. The average Bonchev–Trinajstić information content (AvgIpc) is 3.28. The van der Waals surface area contributed by atoms with E-state index in [0.717, 1.165) is 0 Å². The maximum atomic E-state index is 13.7. The summed E-state index contributed by atoms with van der Waals surface area (Å²) >= 11 is 0. The fourth-order valence-electron chi connectivity index (χ4n) is 8.38. The molecule has 0 aromatic heterocycles. The molecule has 5 saturated heterocycles. The lowest BCUT2D eigenvalue weighted by molar-refractivity contribution is -0.288. The zero-order valence-electron chi connectivity index (χ0n) is 42.2. The number of hydrogen-bond acceptors (Lipinski definition) is 19. The normalized spacial score (nSPS) is 23.7. The molecule has 0 aliphatic carbocycles. The molecule has 0 bridgehead atoms. The first-order chi connectivity index (χ1) is 32.1. The first kappa shape index (κ1) is 54.6. The molecule has 68 heavy (non-hydrogen) atoms. The molecule has 5 aliphatic heterocycles. The summed E-state index contributed by atoms with van der Waals surface area (Å²) in [6.45, 7) is 25.6. The van der Waals surface area contributed by atoms with Crippen LogP contribution in [0.1, 0.15) is 120 Å². The van der Waals surface area contributed by atoms with Crippen LogP contribution in [-0.4, -0.2) is 199 Å². The van der Waals surface area contributed by atoms with E-state index < -0.39 is 46.7 Å². The molecule has 5 heterocycles. The first-order valence-corrected chi connectivity index (χ1v) is 24.3. The minimum absolute atomic E-state index is 0.0184. The average molecular weight is 966 g/mol. The number of nitrogens with one attached hydrogen (secondary N) is 1. The van der Waals surface area contributed by atoms with Crippen molar-refractivity contribution in [3.8, 4) is 0 Å². The fraction of sp³-hybridized carbons (Fsp3) is 0.816. The van der Waals surface area contributed by atoms with E-state index in [1.54, 1.807) is 0 Å². The van der Waals surface area contributed by atoms with Crippen LogP contribution in [-0.2, 0) is 61.6 Å². The van der Waals surface area contributed by atoms with Crippen molar-refractivity contribution >= 4 is 17.7 Å². The molecular formula is C49H79N3O16. The van der Waals surface area contributed by atoms with Gasteiger partial charge < -0.3 is 66.9 Å². The summed E-state index contributed by atoms with van der Waals surface area (Å²) in [5.41, 5.74) is 0.222. The lowest BCUT2D eigenvalue weighted by atomic mass is 10.0. The highest BCUT2D eigenvalue weighted by molar-refractivity contribution is 6.03. The number of benzene rings is 1. The van der Waals surface area contributed by atoms with E-state index in [1.165, 1.54) is 18.2 Å². The van der Waals surface area contributed by atoms with Crippen molar-refractivity contribution in [1.29, 1.82) is 0 Å². The summed E-state index contributed by atoms with van der Waals surface area (Å²) in [6.07, 6.45) is 1.60. The minimum atomic E-state index is -0.680. The Morgan fingerprint density at radius 2 is 0.809 bits per heavy atom. The van der Waals surface area contributed by atoms with Crippen LogP contribution >= 0.6 is 0 Å². The van der Waals surface area contributed by atoms with Crippen LogP contribution in [0.3, 0.4) is 0 Å². The highest BCUT2D eigenvalue weighted by Gasteiger charge is 2.40. The van der Waals surface area contributed by atoms with Crippen LogP contribution < -0.4 is 5.32 Å². The smallest absolute Gasteiger partial charge is 0.338 e. The van der Waals surface area contributed by atoms with E-state index in [-0.39, 0.29) is 73.3 Å². The standard InChI is InChI=1S/C49H79N3O16/c1-45(2)59-23-37(24-60-45)50-14-11-18-57-43(54)35-20-34(42(53)33-56-17-12-15-51(38-25-61-46(3,4)62-26-38)39-27-63-47(5,6)64-28-39)21-36(22-35)44(55)58-19-13-16-52(40-29-65-48(7,8)66-30-40)41-31-67-49(9,10)68-32-41/h20-22,37-41,50H,11-19,23-33H2,1-10H3. The van der Waals surface area contributed by atoms with Crippen LogP contribution in [0.2, 0.25) is 0 Å². The Bertz CT molecular complexity index is 1700. The monoisotopic (exact) mass is 966 g/mol. The second kappa shape index (κ2) is 24.1. The summed E-state index contributed by atoms with van der Waals surface area (Å²) in [6, 6.07) is 4.13. The Labute approximate surface area is 402 Å². The molecule has 1 aromatic carbocycles. The van der Waals surface area contributed by atoms with Crippen molar-refractivity contribution in [1.82, 2.24) is 15.1 Å². The van der Waals surface area contributed by atoms with Crippen molar-refractivity contribution in [3.63, 3.8) is 0 Å². The van der Waals surface area contributed by atoms with Crippen LogP contribution in [0.5, 0.6) is 0 Å². The van der Waals surface area contributed by atoms with Gasteiger partial charge in [-0.15, -0.1) is 0 Å². The van der Waals surface area contributed by atoms with Gasteiger partial charge in [0.05, 0.1) is 121 Å². The topological polar surface area (TPSA) is 190 Å². The van der Waals surface area contributed by atoms with Crippen molar-refractivity contribution in [2.24, 2.45) is 0 Å². The van der Waals surface area contributed by atoms with Gasteiger partial charge in [-0.2, -0.15) is 0 Å². The van der Waals surface area contributed by atoms with Gasteiger partial charge in [-0.1, -0.05) is 0 Å². The third-order valence-electron chi connectivity index (χ3n) is 12.6. The number of Topliss-reactive ketones (excluding diaryl/α,β-unsaturated/α-hetero) is 1. The molecule has 6 rings (SSSR count). The summed E-state index contributed by atoms with van der Waals surface area (Å²) in [4.78, 5) is 45.4. The van der Waals surface area contributed by atoms with Gasteiger partial charge in [-0.25, -0.2) is 9.59 Å². The van der Waals surface area contributed by atoms with E-state index in [9.17, 15) is 14.4 Å². The number of esters is 2. The number of ether oxygens (including phenoxy) is 13. The van der Waals surface area contributed by atoms with E-state index in [0.29, 0.717) is 105 Å². The largest absolute Gasteiger partial charge is 0.462 e. The molecule has 0 spiro atoms. The predicted molar refractivity (Wildman–Crippen MR) is 246 cm³/mol. The molecule has 5 aliphatic rings. The molecule has 386 valence electrons. The molecule has 0 atom stereocenters. The Morgan fingerprint density at radius 3 is 1.19 bits per heavy atom. The summed E-state index contributed by atoms with van der Waals surface area (Å²) in [5.74, 6) is -5.05. The Morgan fingerprint density at radius 1 is 0.485 bits per heavy atom. The number of hydrogen-bond donors (Lipinski definition) is 1. The van der Waals surface area contributed by atoms with Gasteiger partial charge in [-0.3, -0.25) is 14.6 Å². The lowest BCUT2D eigenvalue weighted by Crippen LogP contribution is -2.58. The predicted octanol–water partition coefficient (Wildman–Crippen LogP) is 4.32. The SMILES string of the molecule is CC1(C)OCC(NCCCOC(=O)c2cc(C(=O)COCCCN(C3COC(C)(C)OC3)C3COC(C)(C)OC3)cc(C(=O)OCCCN(C3COC(C)(C)OC3)C3COC(C)(C)OC3)c2)CO1. The maximum Gasteiger partial charge on any atom is 0.338 e. The lowest BCUT2D eigenvalue weighted by Gasteiger charge is -2.46. The van der Waals surface area contributed by atoms with E-state index in [2.05, 4.69) is 15.1 Å². The third-order valence-corrected chi connectivity index (χ3v) is 12.6. The summed E-state index contributed by atoms with van der Waals surface area (Å²) in [7, 11) is 0. The molecule has 19 heteroatoms. The molecule has 0 amide bonds. The van der Waals surface area contributed by atoms with Crippen LogP contribution in [0.4, 0.5) is 0 Å². The number of carbonyl (C=O) groups excluding carboxylic acids is 3. The third kappa shape index (κ3) is 17.0. The van der Waals surface area contributed by atoms with Crippen molar-refractivity contribution < 1.29 is 76.0 Å². The van der Waals surface area contributed by atoms with Gasteiger partial charge in [-0.05, 0) is 113 Å². The maximum absolute atomic E-state index is 13.7. The molecule has 0 radical (unpaired) electrons. The van der Waals surface area contributed by atoms with Crippen LogP contribution in [0.15, 0.2) is 18.2 Å². The number of carbonyl (C=O) groups is 3. The van der Waals surface area contributed by atoms with Crippen molar-refractivity contribution in [2.75, 3.05) is 112 Å². The zero-order chi connectivity index (χ0) is 49.2. The van der Waals surface area contributed by atoms with E-state index in [4.69, 9.17) is 61.6 Å². The minimum Gasteiger partial charge on any atom is -0.462 e. The van der Waals surface area contributed by atoms with E-state index >= 15 is 0 Å². The van der Waals surface area contributed by atoms with Crippen molar-refractivity contribution in [2.45, 2.75) is 148 Å². The molecule has 0 saturated carbocycles. The summed E-state index contributed by atoms with van der Waals surface area (Å²) in [5, 5.41) is 3.36. The van der Waals surface area contributed by atoms with Crippen molar-refractivity contribution in [3.05, 3.63) is 34.9 Å². The second-order valence-electron chi connectivity index (χ2n) is 20.5. The van der Waals surface area contributed by atoms with E-state index in [1.807, 2.05) is 69.2 Å². The molecule has 1 N–H and O–H groups in total. The Hall–Kier alpha value is -2.73. The highest BCUT2D eigenvalue weighted by atomic mass is 16.7. The van der Waals surface area contributed by atoms with Crippen LogP contribution in [0, 0.1) is 0 Å². The Kier molecular flexibility index (Phi) is 19.4. The van der Waals surface area contributed by atoms with Gasteiger partial charge in [0.15, 0.2) is 34.7 Å². The molecule has 19 nitrogen and oxygen atoms in total. The van der Waals surface area contributed by atoms with Gasteiger partial charge in [0.25, 0.3) is 0 Å². The van der Waals surface area contributed by atoms with Crippen LogP contribution in [0.25, 0.3) is 0 Å². The highest BCUT2D eigenvalue weighted by Crippen LogP contribution is 2.28. The molecule has 5 fully saturated rings. The van der Waals surface area contributed by atoms with Gasteiger partial charge in [0.2, 0.25) is 0 Å². The first-order valence-electron chi connectivity index (χ1n) is 24.3. The number of nitrogens with zero attached hydrogens (tertiary/aromatic N) is 2. The number of rotatable bonds is 22. The molecule has 0 unspecified atom stereocenters. The quantitative estimate of drug-likeness (QED) is 0.0982. The zero-order valence-corrected chi connectivity index (χ0v) is 42.2. The fourth-order valence-corrected chi connectivity index (χ4v) is 8.38. The van der Waals surface area contributed by atoms with Gasteiger partial charge in [0, 0.05) is 25.3 Å². The summed E-state index contributed by atoms with van der Waals surface area (Å²) < 4.78 is 76.7. The van der Waals surface area contributed by atoms with Gasteiger partial charge in [0.1, 0.15) is 6.61 Å². The number of ketones is 1. The van der Waals surface area contributed by atoms with Gasteiger partial charge >= 0.3 is 11.9 Å². The molecular weight excluding hydrogens is 887 g/mol. The Balaban J connectivity index is 1.05. The second-order valence-corrected chi connectivity index (χ2v) is 20.5.